The van der Waals surface area contributed by atoms with Gasteiger partial charge in [-0.2, -0.15) is 5.10 Å². The standard InChI is InChI=1S/C26H30Cl2N4OS/c1-6-32-25(33)34-26(4,5)23(30-32)18-9-12-22-17(14-18)8-7-13-31(22)24(29-16(2)3)20-11-10-19(27)15-21(20)28/h9-12,14-16H,6-8,13H2,1-5H3. The van der Waals surface area contributed by atoms with Gasteiger partial charge in [-0.1, -0.05) is 41.0 Å². The maximum atomic E-state index is 12.4. The molecule has 1 amide bonds. The summed E-state index contributed by atoms with van der Waals surface area (Å²) in [5.74, 6) is 0.860. The second-order valence-corrected chi connectivity index (χ2v) is 11.7. The molecule has 2 heterocycles. The Labute approximate surface area is 216 Å². The summed E-state index contributed by atoms with van der Waals surface area (Å²) in [4.78, 5) is 19.6. The maximum Gasteiger partial charge on any atom is 0.302 e. The topological polar surface area (TPSA) is 48.3 Å². The Bertz CT molecular complexity index is 1180. The number of carbonyl (C=O) groups excluding carboxylic acids is 1. The molecule has 8 heteroatoms. The molecular weight excluding hydrogens is 487 g/mol. The Morgan fingerprint density at radius 3 is 2.65 bits per heavy atom. The smallest absolute Gasteiger partial charge is 0.302 e. The van der Waals surface area contributed by atoms with Crippen molar-refractivity contribution in [1.82, 2.24) is 5.01 Å². The second kappa shape index (κ2) is 9.92. The molecule has 0 saturated carbocycles. The first kappa shape index (κ1) is 25.1. The van der Waals surface area contributed by atoms with Gasteiger partial charge in [-0.05, 0) is 88.9 Å². The van der Waals surface area contributed by atoms with Gasteiger partial charge in [0.2, 0.25) is 0 Å². The average Bonchev–Trinajstić information content (AvgIpc) is 2.76. The van der Waals surface area contributed by atoms with Crippen molar-refractivity contribution < 1.29 is 4.79 Å². The molecule has 4 rings (SSSR count). The molecule has 2 aromatic rings. The lowest BCUT2D eigenvalue weighted by Crippen LogP contribution is -2.41. The van der Waals surface area contributed by atoms with Crippen molar-refractivity contribution in [3.05, 3.63) is 63.1 Å². The molecule has 34 heavy (non-hydrogen) atoms. The molecule has 2 aliphatic heterocycles. The van der Waals surface area contributed by atoms with Crippen molar-refractivity contribution in [2.75, 3.05) is 18.0 Å². The molecule has 0 aromatic heterocycles. The van der Waals surface area contributed by atoms with Gasteiger partial charge < -0.3 is 4.90 Å². The minimum atomic E-state index is -0.396. The van der Waals surface area contributed by atoms with E-state index in [1.54, 1.807) is 11.1 Å². The largest absolute Gasteiger partial charge is 0.326 e. The molecule has 0 bridgehead atoms. The van der Waals surface area contributed by atoms with E-state index >= 15 is 0 Å². The fourth-order valence-corrected chi connectivity index (χ4v) is 5.83. The Balaban J connectivity index is 1.78. The lowest BCUT2D eigenvalue weighted by molar-refractivity contribution is 0.226. The predicted molar refractivity (Wildman–Crippen MR) is 146 cm³/mol. The van der Waals surface area contributed by atoms with Crippen LogP contribution in [-0.2, 0) is 6.42 Å². The molecule has 0 spiro atoms. The number of carbonyl (C=O) groups is 1. The highest BCUT2D eigenvalue weighted by molar-refractivity contribution is 8.15. The van der Waals surface area contributed by atoms with E-state index in [1.165, 1.54) is 17.3 Å². The zero-order valence-electron chi connectivity index (χ0n) is 20.2. The van der Waals surface area contributed by atoms with E-state index in [0.29, 0.717) is 16.6 Å². The average molecular weight is 518 g/mol. The summed E-state index contributed by atoms with van der Waals surface area (Å²) in [6, 6.07) is 12.2. The van der Waals surface area contributed by atoms with Gasteiger partial charge in [0.1, 0.15) is 5.84 Å². The second-order valence-electron chi connectivity index (χ2n) is 9.31. The number of thioether (sulfide) groups is 1. The van der Waals surface area contributed by atoms with Gasteiger partial charge in [0.15, 0.2) is 0 Å². The number of rotatable bonds is 4. The van der Waals surface area contributed by atoms with Crippen LogP contribution in [0.4, 0.5) is 10.5 Å². The summed E-state index contributed by atoms with van der Waals surface area (Å²) in [6.07, 6.45) is 1.98. The van der Waals surface area contributed by atoms with E-state index in [2.05, 4.69) is 50.8 Å². The van der Waals surface area contributed by atoms with Gasteiger partial charge in [-0.15, -0.1) is 0 Å². The zero-order chi connectivity index (χ0) is 24.6. The van der Waals surface area contributed by atoms with Crippen LogP contribution in [0.1, 0.15) is 57.7 Å². The van der Waals surface area contributed by atoms with Crippen LogP contribution in [-0.4, -0.2) is 45.7 Å². The molecule has 0 unspecified atom stereocenters. The number of anilines is 1. The molecular formula is C26H30Cl2N4OS. The SMILES string of the molecule is CCN1N=C(c2ccc3c(c2)CCCN3C(=NC(C)C)c2ccc(Cl)cc2Cl)C(C)(C)SC1=O. The van der Waals surface area contributed by atoms with Crippen LogP contribution in [0.3, 0.4) is 0 Å². The molecule has 2 aliphatic rings. The number of aliphatic imine (C=N–C) groups is 1. The van der Waals surface area contributed by atoms with E-state index in [9.17, 15) is 4.79 Å². The van der Waals surface area contributed by atoms with Crippen molar-refractivity contribution in [3.63, 3.8) is 0 Å². The Kier molecular flexibility index (Phi) is 7.32. The predicted octanol–water partition coefficient (Wildman–Crippen LogP) is 7.27. The number of halogens is 2. The first-order valence-corrected chi connectivity index (χ1v) is 13.2. The summed E-state index contributed by atoms with van der Waals surface area (Å²) in [7, 11) is 0. The summed E-state index contributed by atoms with van der Waals surface area (Å²) >= 11 is 14.1. The highest BCUT2D eigenvalue weighted by Crippen LogP contribution is 2.38. The van der Waals surface area contributed by atoms with E-state index in [0.717, 1.165) is 47.7 Å². The van der Waals surface area contributed by atoms with Gasteiger partial charge in [0, 0.05) is 35.4 Å². The van der Waals surface area contributed by atoms with Gasteiger partial charge in [0.25, 0.3) is 0 Å². The molecule has 0 radical (unpaired) electrons. The number of hydrogen-bond acceptors (Lipinski definition) is 4. The zero-order valence-corrected chi connectivity index (χ0v) is 22.6. The van der Waals surface area contributed by atoms with Crippen molar-refractivity contribution in [3.8, 4) is 0 Å². The van der Waals surface area contributed by atoms with Crippen LogP contribution >= 0.6 is 35.0 Å². The van der Waals surface area contributed by atoms with Crippen LogP contribution in [0, 0.1) is 0 Å². The van der Waals surface area contributed by atoms with Gasteiger partial charge in [-0.25, -0.2) is 5.01 Å². The van der Waals surface area contributed by atoms with Gasteiger partial charge in [-0.3, -0.25) is 9.79 Å². The van der Waals surface area contributed by atoms with Crippen LogP contribution < -0.4 is 4.90 Å². The Morgan fingerprint density at radius 1 is 1.21 bits per heavy atom. The van der Waals surface area contributed by atoms with E-state index in [-0.39, 0.29) is 11.3 Å². The summed E-state index contributed by atoms with van der Waals surface area (Å²) in [6.45, 7) is 11.6. The fraction of sp³-hybridized carbons (Fsp3) is 0.423. The maximum absolute atomic E-state index is 12.4. The number of amides is 1. The minimum Gasteiger partial charge on any atom is -0.326 e. The highest BCUT2D eigenvalue weighted by atomic mass is 35.5. The summed E-state index contributed by atoms with van der Waals surface area (Å²) < 4.78 is -0.396. The summed E-state index contributed by atoms with van der Waals surface area (Å²) in [5, 5.41) is 7.47. The lowest BCUT2D eigenvalue weighted by atomic mass is 9.93. The number of aryl methyl sites for hydroxylation is 1. The van der Waals surface area contributed by atoms with Crippen molar-refractivity contribution in [2.45, 2.75) is 58.2 Å². The normalized spacial score (nSPS) is 18.3. The third-order valence-electron chi connectivity index (χ3n) is 5.92. The van der Waals surface area contributed by atoms with Crippen LogP contribution in [0.25, 0.3) is 0 Å². The van der Waals surface area contributed by atoms with E-state index < -0.39 is 4.75 Å². The van der Waals surface area contributed by atoms with E-state index in [4.69, 9.17) is 33.3 Å². The number of hydrogen-bond donors (Lipinski definition) is 0. The first-order chi connectivity index (χ1) is 16.1. The highest BCUT2D eigenvalue weighted by Gasteiger charge is 2.37. The molecule has 5 nitrogen and oxygen atoms in total. The van der Waals surface area contributed by atoms with E-state index in [1.807, 2.05) is 19.1 Å². The molecule has 180 valence electrons. The first-order valence-electron chi connectivity index (χ1n) is 11.6. The van der Waals surface area contributed by atoms with Crippen molar-refractivity contribution in [2.24, 2.45) is 10.1 Å². The van der Waals surface area contributed by atoms with Gasteiger partial charge in [0.05, 0.1) is 15.5 Å². The third-order valence-corrected chi connectivity index (χ3v) is 7.56. The quantitative estimate of drug-likeness (QED) is 0.317. The fourth-order valence-electron chi connectivity index (χ4n) is 4.37. The molecule has 0 fully saturated rings. The van der Waals surface area contributed by atoms with Crippen molar-refractivity contribution >= 4 is 57.4 Å². The molecule has 0 saturated heterocycles. The molecule has 2 aromatic carbocycles. The van der Waals surface area contributed by atoms with Crippen LogP contribution in [0.15, 0.2) is 46.5 Å². The van der Waals surface area contributed by atoms with Crippen LogP contribution in [0.2, 0.25) is 10.0 Å². The minimum absolute atomic E-state index is 0.00485. The number of amidine groups is 1. The number of benzene rings is 2. The van der Waals surface area contributed by atoms with Crippen molar-refractivity contribution in [1.29, 1.82) is 0 Å². The number of nitrogens with zero attached hydrogens (tertiary/aromatic N) is 4. The molecule has 0 N–H and O–H groups in total. The summed E-state index contributed by atoms with van der Waals surface area (Å²) in [5.41, 5.74) is 5.23. The molecule has 0 atom stereocenters. The third kappa shape index (κ3) is 5.00. The Morgan fingerprint density at radius 2 is 1.97 bits per heavy atom. The van der Waals surface area contributed by atoms with Crippen LogP contribution in [0.5, 0.6) is 0 Å². The van der Waals surface area contributed by atoms with Gasteiger partial charge >= 0.3 is 5.24 Å². The monoisotopic (exact) mass is 516 g/mol. The Hall–Kier alpha value is -2.02. The number of hydrazone groups is 1. The number of fused-ring (bicyclic) bond motifs is 1. The molecule has 0 aliphatic carbocycles. The lowest BCUT2D eigenvalue weighted by Gasteiger charge is -2.35.